The van der Waals surface area contributed by atoms with E-state index in [1.807, 2.05) is 13.0 Å². The van der Waals surface area contributed by atoms with Crippen LogP contribution in [0.2, 0.25) is 0 Å². The Morgan fingerprint density at radius 1 is 1.39 bits per heavy atom. The first kappa shape index (κ1) is 14.6. The molecule has 0 saturated carbocycles. The molecule has 1 aromatic rings. The highest BCUT2D eigenvalue weighted by Gasteiger charge is 2.07. The second-order valence-corrected chi connectivity index (χ2v) is 3.99. The number of hydrogen-bond acceptors (Lipinski definition) is 3. The molecule has 0 atom stereocenters. The highest BCUT2D eigenvalue weighted by Crippen LogP contribution is 2.11. The van der Waals surface area contributed by atoms with Gasteiger partial charge in [-0.1, -0.05) is 13.0 Å². The first-order valence-corrected chi connectivity index (χ1v) is 6.19. The molecule has 3 nitrogen and oxygen atoms in total. The van der Waals surface area contributed by atoms with Gasteiger partial charge in [0, 0.05) is 19.7 Å². The van der Waals surface area contributed by atoms with Crippen LogP contribution in [-0.2, 0) is 11.3 Å². The van der Waals surface area contributed by atoms with Crippen LogP contribution in [0.4, 0.5) is 4.39 Å². The second-order valence-electron chi connectivity index (χ2n) is 3.99. The van der Waals surface area contributed by atoms with E-state index in [2.05, 4.69) is 11.8 Å². The van der Waals surface area contributed by atoms with Gasteiger partial charge in [0.25, 0.3) is 0 Å². The van der Waals surface area contributed by atoms with Crippen molar-refractivity contribution in [3.63, 3.8) is 0 Å². The van der Waals surface area contributed by atoms with Crippen LogP contribution in [0.1, 0.15) is 25.0 Å². The molecule has 0 spiro atoms. The molecule has 0 aromatic heterocycles. The van der Waals surface area contributed by atoms with Gasteiger partial charge >= 0.3 is 0 Å². The Labute approximate surface area is 108 Å². The van der Waals surface area contributed by atoms with Gasteiger partial charge in [0.15, 0.2) is 0 Å². The van der Waals surface area contributed by atoms with Crippen molar-refractivity contribution in [1.82, 2.24) is 4.90 Å². The van der Waals surface area contributed by atoms with Crippen LogP contribution in [-0.4, -0.2) is 31.2 Å². The molecule has 0 radical (unpaired) electrons. The van der Waals surface area contributed by atoms with E-state index in [9.17, 15) is 4.39 Å². The molecule has 0 amide bonds. The lowest BCUT2D eigenvalue weighted by molar-refractivity contribution is 0.113. The van der Waals surface area contributed by atoms with Gasteiger partial charge in [-0.2, -0.15) is 5.26 Å². The molecule has 98 valence electrons. The van der Waals surface area contributed by atoms with Crippen molar-refractivity contribution >= 4 is 0 Å². The molecule has 0 aliphatic heterocycles. The summed E-state index contributed by atoms with van der Waals surface area (Å²) in [6.07, 6.45) is 0. The Morgan fingerprint density at radius 3 is 2.78 bits per heavy atom. The average Bonchev–Trinajstić information content (AvgIpc) is 2.39. The van der Waals surface area contributed by atoms with Crippen molar-refractivity contribution in [2.45, 2.75) is 20.4 Å². The Hall–Kier alpha value is -1.44. The van der Waals surface area contributed by atoms with E-state index in [1.54, 1.807) is 12.1 Å². The van der Waals surface area contributed by atoms with Crippen LogP contribution >= 0.6 is 0 Å². The van der Waals surface area contributed by atoms with Crippen molar-refractivity contribution < 1.29 is 9.13 Å². The number of benzene rings is 1. The number of nitriles is 1. The summed E-state index contributed by atoms with van der Waals surface area (Å²) in [5.41, 5.74) is 1.06. The van der Waals surface area contributed by atoms with Gasteiger partial charge in [0.2, 0.25) is 0 Å². The summed E-state index contributed by atoms with van der Waals surface area (Å²) in [7, 11) is 0. The predicted molar refractivity (Wildman–Crippen MR) is 68.6 cm³/mol. The van der Waals surface area contributed by atoms with E-state index >= 15 is 0 Å². The summed E-state index contributed by atoms with van der Waals surface area (Å²) >= 11 is 0. The van der Waals surface area contributed by atoms with Crippen LogP contribution in [0.15, 0.2) is 18.2 Å². The third kappa shape index (κ3) is 4.44. The first-order valence-electron chi connectivity index (χ1n) is 6.19. The Morgan fingerprint density at radius 2 is 2.17 bits per heavy atom. The summed E-state index contributed by atoms with van der Waals surface area (Å²) in [5, 5.41) is 8.78. The van der Waals surface area contributed by atoms with Crippen molar-refractivity contribution in [2.75, 3.05) is 26.3 Å². The normalized spacial score (nSPS) is 10.6. The zero-order chi connectivity index (χ0) is 13.4. The topological polar surface area (TPSA) is 36.3 Å². The lowest BCUT2D eigenvalue weighted by atomic mass is 10.1. The molecule has 0 heterocycles. The van der Waals surface area contributed by atoms with E-state index in [4.69, 9.17) is 10.00 Å². The minimum atomic E-state index is -0.460. The summed E-state index contributed by atoms with van der Waals surface area (Å²) < 4.78 is 18.5. The number of hydrogen-bond donors (Lipinski definition) is 0. The number of ether oxygens (including phenoxy) is 1. The molecule has 1 aromatic carbocycles. The molecule has 4 heteroatoms. The zero-order valence-corrected chi connectivity index (χ0v) is 10.9. The molecule has 0 bridgehead atoms. The molecule has 0 fully saturated rings. The summed E-state index contributed by atoms with van der Waals surface area (Å²) in [6.45, 7) is 7.88. The maximum absolute atomic E-state index is 13.2. The van der Waals surface area contributed by atoms with Gasteiger partial charge in [-0.3, -0.25) is 4.90 Å². The van der Waals surface area contributed by atoms with Crippen molar-refractivity contribution in [1.29, 1.82) is 5.26 Å². The Balaban J connectivity index is 2.61. The molecular formula is C14H19FN2O. The average molecular weight is 250 g/mol. The zero-order valence-electron chi connectivity index (χ0n) is 10.9. The molecule has 0 aliphatic carbocycles. The minimum Gasteiger partial charge on any atom is -0.380 e. The van der Waals surface area contributed by atoms with E-state index in [0.29, 0.717) is 19.8 Å². The monoisotopic (exact) mass is 250 g/mol. The lowest BCUT2D eigenvalue weighted by Gasteiger charge is -2.20. The second kappa shape index (κ2) is 7.80. The fraction of sp³-hybridized carbons (Fsp3) is 0.500. The Kier molecular flexibility index (Phi) is 6.34. The molecule has 0 aliphatic rings. The molecule has 0 N–H and O–H groups in total. The van der Waals surface area contributed by atoms with Crippen LogP contribution in [0.25, 0.3) is 0 Å². The number of halogens is 1. The van der Waals surface area contributed by atoms with Gasteiger partial charge in [-0.15, -0.1) is 0 Å². The third-order valence-electron chi connectivity index (χ3n) is 2.76. The summed E-state index contributed by atoms with van der Waals surface area (Å²) in [6, 6.07) is 6.54. The highest BCUT2D eigenvalue weighted by molar-refractivity contribution is 5.34. The van der Waals surface area contributed by atoms with Crippen LogP contribution in [0, 0.1) is 17.1 Å². The smallest absolute Gasteiger partial charge is 0.140 e. The maximum atomic E-state index is 13.2. The predicted octanol–water partition coefficient (Wildman–Crippen LogP) is 2.56. The van der Waals surface area contributed by atoms with E-state index in [1.165, 1.54) is 6.07 Å². The molecule has 0 saturated heterocycles. The number of likely N-dealkylation sites (N-methyl/N-ethyl adjacent to an activating group) is 1. The summed E-state index contributed by atoms with van der Waals surface area (Å²) in [5.74, 6) is -0.460. The highest BCUT2D eigenvalue weighted by atomic mass is 19.1. The van der Waals surface area contributed by atoms with Gasteiger partial charge in [-0.05, 0) is 31.2 Å². The first-order chi connectivity index (χ1) is 8.71. The molecule has 18 heavy (non-hydrogen) atoms. The standard InChI is InChI=1S/C14H19FN2O/c1-3-17(7-8-18-4-2)11-12-5-6-14(15)13(9-12)10-16/h5-6,9H,3-4,7-8,11H2,1-2H3. The van der Waals surface area contributed by atoms with E-state index in [-0.39, 0.29) is 5.56 Å². The fourth-order valence-corrected chi connectivity index (χ4v) is 1.70. The van der Waals surface area contributed by atoms with Gasteiger partial charge < -0.3 is 4.74 Å². The van der Waals surface area contributed by atoms with Gasteiger partial charge in [0.1, 0.15) is 11.9 Å². The van der Waals surface area contributed by atoms with Crippen LogP contribution in [0.5, 0.6) is 0 Å². The number of nitrogens with zero attached hydrogens (tertiary/aromatic N) is 2. The third-order valence-corrected chi connectivity index (χ3v) is 2.76. The summed E-state index contributed by atoms with van der Waals surface area (Å²) in [4.78, 5) is 2.20. The minimum absolute atomic E-state index is 0.105. The molecular weight excluding hydrogens is 231 g/mol. The SMILES string of the molecule is CCOCCN(CC)Cc1ccc(F)c(C#N)c1. The van der Waals surface area contributed by atoms with Crippen molar-refractivity contribution in [2.24, 2.45) is 0 Å². The van der Waals surface area contributed by atoms with Crippen molar-refractivity contribution in [3.8, 4) is 6.07 Å². The number of rotatable bonds is 7. The van der Waals surface area contributed by atoms with Gasteiger partial charge in [0.05, 0.1) is 12.2 Å². The van der Waals surface area contributed by atoms with Crippen LogP contribution < -0.4 is 0 Å². The van der Waals surface area contributed by atoms with Crippen LogP contribution in [0.3, 0.4) is 0 Å². The quantitative estimate of drug-likeness (QED) is 0.698. The van der Waals surface area contributed by atoms with E-state index < -0.39 is 5.82 Å². The molecule has 0 unspecified atom stereocenters. The fourth-order valence-electron chi connectivity index (χ4n) is 1.70. The lowest BCUT2D eigenvalue weighted by Crippen LogP contribution is -2.27. The Bertz CT molecular complexity index is 415. The van der Waals surface area contributed by atoms with Crippen molar-refractivity contribution in [3.05, 3.63) is 35.1 Å². The molecule has 1 rings (SSSR count). The largest absolute Gasteiger partial charge is 0.380 e. The van der Waals surface area contributed by atoms with E-state index in [0.717, 1.165) is 18.7 Å². The maximum Gasteiger partial charge on any atom is 0.140 e. The van der Waals surface area contributed by atoms with Gasteiger partial charge in [-0.25, -0.2) is 4.39 Å².